The molecule has 1 unspecified atom stereocenters. The minimum absolute atomic E-state index is 0.0400. The van der Waals surface area contributed by atoms with Gasteiger partial charge in [0.05, 0.1) is 44.0 Å². The van der Waals surface area contributed by atoms with E-state index in [-0.39, 0.29) is 11.9 Å². The number of ether oxygens (including phenoxy) is 3. The summed E-state index contributed by atoms with van der Waals surface area (Å²) in [5.41, 5.74) is 7.56. The monoisotopic (exact) mass is 485 g/mol. The van der Waals surface area contributed by atoms with E-state index in [0.717, 1.165) is 51.7 Å². The van der Waals surface area contributed by atoms with Crippen LogP contribution in [0.5, 0.6) is 11.5 Å². The van der Waals surface area contributed by atoms with Gasteiger partial charge in [-0.05, 0) is 42.3 Å². The maximum atomic E-state index is 11.7. The molecular formula is C29H31N3O4. The quantitative estimate of drug-likeness (QED) is 0.330. The van der Waals surface area contributed by atoms with E-state index in [1.165, 1.54) is 18.2 Å². The van der Waals surface area contributed by atoms with Gasteiger partial charge < -0.3 is 19.5 Å². The normalized spacial score (nSPS) is 14.4. The number of imidazole rings is 1. The third kappa shape index (κ3) is 4.37. The van der Waals surface area contributed by atoms with Crippen molar-refractivity contribution < 1.29 is 19.0 Å². The number of esters is 1. The van der Waals surface area contributed by atoms with Crippen molar-refractivity contribution in [1.82, 2.24) is 9.55 Å². The molecule has 5 rings (SSSR count). The molecule has 4 aromatic rings. The fourth-order valence-electron chi connectivity index (χ4n) is 4.88. The zero-order chi connectivity index (χ0) is 25.2. The van der Waals surface area contributed by atoms with Gasteiger partial charge in [0, 0.05) is 42.3 Å². The standard InChI is InChI=1S/C29H31N3O4/c1-5-28-31-24-15-22(34-3)10-12-26(24)32(28)25-8-6-7-19(18(25)2)16-30-21-9-11-23-20(13-29(33)35-4)17-36-27(23)14-21/h6-12,14-15,20,30H,5,13,16-17H2,1-4H3. The first-order chi connectivity index (χ1) is 17.5. The molecule has 0 amide bonds. The van der Waals surface area contributed by atoms with Crippen LogP contribution in [0.4, 0.5) is 5.69 Å². The number of aryl methyl sites for hydroxylation is 1. The topological polar surface area (TPSA) is 74.6 Å². The van der Waals surface area contributed by atoms with Gasteiger partial charge in [-0.3, -0.25) is 9.36 Å². The van der Waals surface area contributed by atoms with Crippen LogP contribution in [0.3, 0.4) is 0 Å². The Morgan fingerprint density at radius 2 is 2.03 bits per heavy atom. The summed E-state index contributed by atoms with van der Waals surface area (Å²) < 4.78 is 18.3. The van der Waals surface area contributed by atoms with Crippen LogP contribution in [0, 0.1) is 6.92 Å². The third-order valence-electron chi connectivity index (χ3n) is 6.92. The Morgan fingerprint density at radius 1 is 1.17 bits per heavy atom. The van der Waals surface area contributed by atoms with Crippen molar-refractivity contribution in [2.45, 2.75) is 39.2 Å². The minimum Gasteiger partial charge on any atom is -0.497 e. The van der Waals surface area contributed by atoms with E-state index in [1.54, 1.807) is 7.11 Å². The maximum absolute atomic E-state index is 11.7. The molecule has 0 spiro atoms. The fourth-order valence-corrected chi connectivity index (χ4v) is 4.88. The summed E-state index contributed by atoms with van der Waals surface area (Å²) in [5.74, 6) is 2.47. The first-order valence-electron chi connectivity index (χ1n) is 12.2. The molecule has 7 heteroatoms. The molecule has 1 atom stereocenters. The summed E-state index contributed by atoms with van der Waals surface area (Å²) >= 11 is 0. The van der Waals surface area contributed by atoms with Crippen molar-refractivity contribution in [3.8, 4) is 17.2 Å². The molecule has 0 bridgehead atoms. The molecule has 3 aromatic carbocycles. The van der Waals surface area contributed by atoms with Crippen LogP contribution in [0.2, 0.25) is 0 Å². The van der Waals surface area contributed by atoms with Gasteiger partial charge in [-0.15, -0.1) is 0 Å². The summed E-state index contributed by atoms with van der Waals surface area (Å²) in [6, 6.07) is 18.5. The van der Waals surface area contributed by atoms with Crippen LogP contribution in [0.25, 0.3) is 16.7 Å². The fraction of sp³-hybridized carbons (Fsp3) is 0.310. The summed E-state index contributed by atoms with van der Waals surface area (Å²) in [7, 11) is 3.09. The lowest BCUT2D eigenvalue weighted by Crippen LogP contribution is -2.09. The summed E-state index contributed by atoms with van der Waals surface area (Å²) in [5, 5.41) is 3.54. The van der Waals surface area contributed by atoms with Crippen LogP contribution in [-0.4, -0.2) is 36.3 Å². The molecule has 2 heterocycles. The summed E-state index contributed by atoms with van der Waals surface area (Å²) in [6.07, 6.45) is 1.16. The number of nitrogens with zero attached hydrogens (tertiary/aromatic N) is 2. The molecule has 0 radical (unpaired) electrons. The molecular weight excluding hydrogens is 454 g/mol. The highest BCUT2D eigenvalue weighted by Gasteiger charge is 2.27. The average Bonchev–Trinajstić information content (AvgIpc) is 3.48. The number of aromatic nitrogens is 2. The maximum Gasteiger partial charge on any atom is 0.306 e. The second kappa shape index (κ2) is 9.93. The van der Waals surface area contributed by atoms with E-state index in [4.69, 9.17) is 19.2 Å². The molecule has 0 saturated heterocycles. The number of fused-ring (bicyclic) bond motifs is 2. The molecule has 1 aromatic heterocycles. The van der Waals surface area contributed by atoms with Crippen molar-refractivity contribution in [3.63, 3.8) is 0 Å². The zero-order valence-electron chi connectivity index (χ0n) is 21.1. The SMILES string of the molecule is CCc1nc2cc(OC)ccc2n1-c1cccc(CNc2ccc3c(c2)OCC3CC(=O)OC)c1C. The molecule has 7 nitrogen and oxygen atoms in total. The van der Waals surface area contributed by atoms with Crippen molar-refractivity contribution >= 4 is 22.7 Å². The molecule has 0 fully saturated rings. The Balaban J connectivity index is 1.39. The van der Waals surface area contributed by atoms with E-state index >= 15 is 0 Å². The van der Waals surface area contributed by atoms with Crippen LogP contribution >= 0.6 is 0 Å². The Kier molecular flexibility index (Phi) is 6.55. The Morgan fingerprint density at radius 3 is 2.81 bits per heavy atom. The van der Waals surface area contributed by atoms with Gasteiger partial charge in [-0.1, -0.05) is 25.1 Å². The van der Waals surface area contributed by atoms with Gasteiger partial charge in [-0.2, -0.15) is 0 Å². The highest BCUT2D eigenvalue weighted by molar-refractivity contribution is 5.80. The number of carbonyl (C=O) groups is 1. The van der Waals surface area contributed by atoms with E-state index < -0.39 is 0 Å². The smallest absolute Gasteiger partial charge is 0.306 e. The van der Waals surface area contributed by atoms with Gasteiger partial charge in [0.2, 0.25) is 0 Å². The third-order valence-corrected chi connectivity index (χ3v) is 6.92. The highest BCUT2D eigenvalue weighted by atomic mass is 16.5. The van der Waals surface area contributed by atoms with Crippen molar-refractivity contribution in [3.05, 3.63) is 77.1 Å². The van der Waals surface area contributed by atoms with Crippen LogP contribution in [-0.2, 0) is 22.5 Å². The number of nitrogens with one attached hydrogen (secondary N) is 1. The first kappa shape index (κ1) is 23.7. The summed E-state index contributed by atoms with van der Waals surface area (Å²) in [4.78, 5) is 16.6. The number of hydrogen-bond donors (Lipinski definition) is 1. The molecule has 0 saturated carbocycles. The van der Waals surface area contributed by atoms with E-state index in [9.17, 15) is 4.79 Å². The van der Waals surface area contributed by atoms with E-state index in [1.807, 2.05) is 30.3 Å². The predicted molar refractivity (Wildman–Crippen MR) is 140 cm³/mol. The number of carbonyl (C=O) groups excluding carboxylic acids is 1. The Bertz CT molecular complexity index is 1430. The lowest BCUT2D eigenvalue weighted by Gasteiger charge is -2.16. The lowest BCUT2D eigenvalue weighted by molar-refractivity contribution is -0.141. The average molecular weight is 486 g/mol. The lowest BCUT2D eigenvalue weighted by atomic mass is 9.97. The van der Waals surface area contributed by atoms with Gasteiger partial charge in [0.25, 0.3) is 0 Å². The van der Waals surface area contributed by atoms with E-state index in [0.29, 0.717) is 19.6 Å². The van der Waals surface area contributed by atoms with Crippen molar-refractivity contribution in [1.29, 1.82) is 0 Å². The molecule has 0 aliphatic carbocycles. The van der Waals surface area contributed by atoms with Crippen molar-refractivity contribution in [2.75, 3.05) is 26.1 Å². The molecule has 1 aliphatic rings. The molecule has 1 N–H and O–H groups in total. The number of hydrogen-bond acceptors (Lipinski definition) is 6. The molecule has 1 aliphatic heterocycles. The predicted octanol–water partition coefficient (Wildman–Crippen LogP) is 5.56. The Hall–Kier alpha value is -4.00. The van der Waals surface area contributed by atoms with Gasteiger partial charge in [0.15, 0.2) is 0 Å². The largest absolute Gasteiger partial charge is 0.497 e. The molecule has 186 valence electrons. The van der Waals surface area contributed by atoms with Gasteiger partial charge in [-0.25, -0.2) is 4.98 Å². The summed E-state index contributed by atoms with van der Waals surface area (Å²) in [6.45, 7) is 5.46. The Labute approximate surface area is 211 Å². The number of methoxy groups -OCH3 is 2. The van der Waals surface area contributed by atoms with Gasteiger partial charge in [0.1, 0.15) is 17.3 Å². The van der Waals surface area contributed by atoms with Crippen LogP contribution in [0.1, 0.15) is 41.8 Å². The molecule has 36 heavy (non-hydrogen) atoms. The number of anilines is 1. The van der Waals surface area contributed by atoms with Gasteiger partial charge >= 0.3 is 5.97 Å². The van der Waals surface area contributed by atoms with Crippen LogP contribution in [0.15, 0.2) is 54.6 Å². The second-order valence-corrected chi connectivity index (χ2v) is 9.03. The second-order valence-electron chi connectivity index (χ2n) is 9.03. The first-order valence-corrected chi connectivity index (χ1v) is 12.2. The van der Waals surface area contributed by atoms with Crippen LogP contribution < -0.4 is 14.8 Å². The van der Waals surface area contributed by atoms with E-state index in [2.05, 4.69) is 48.0 Å². The highest BCUT2D eigenvalue weighted by Crippen LogP contribution is 2.38. The minimum atomic E-state index is -0.218. The van der Waals surface area contributed by atoms with Crippen molar-refractivity contribution in [2.24, 2.45) is 0 Å². The zero-order valence-corrected chi connectivity index (χ0v) is 21.1. The number of benzene rings is 3. The number of rotatable bonds is 8.